The van der Waals surface area contributed by atoms with Crippen LogP contribution in [0, 0.1) is 13.8 Å². The summed E-state index contributed by atoms with van der Waals surface area (Å²) >= 11 is 0. The fraction of sp³-hybridized carbons (Fsp3) is 0.133. The van der Waals surface area contributed by atoms with E-state index in [9.17, 15) is 19.8 Å². The number of benzene rings is 1. The molecule has 2 rings (SSSR count). The van der Waals surface area contributed by atoms with Crippen LogP contribution >= 0.6 is 0 Å². The minimum absolute atomic E-state index is 0.00412. The quantitative estimate of drug-likeness (QED) is 0.896. The van der Waals surface area contributed by atoms with Gasteiger partial charge in [-0.15, -0.1) is 0 Å². The van der Waals surface area contributed by atoms with Gasteiger partial charge in [-0.1, -0.05) is 12.1 Å². The van der Waals surface area contributed by atoms with Crippen molar-refractivity contribution >= 4 is 11.9 Å². The van der Waals surface area contributed by atoms with E-state index in [0.29, 0.717) is 11.1 Å². The molecule has 0 saturated carbocycles. The molecule has 1 aromatic carbocycles. The predicted octanol–water partition coefficient (Wildman–Crippen LogP) is 2.76. The number of nitrogens with zero attached hydrogens (tertiary/aromatic N) is 1. The minimum Gasteiger partial charge on any atom is -0.478 e. The molecule has 5 heteroatoms. The molecule has 0 spiro atoms. The third-order valence-corrected chi connectivity index (χ3v) is 3.06. The van der Waals surface area contributed by atoms with Crippen molar-refractivity contribution in [1.82, 2.24) is 4.98 Å². The van der Waals surface area contributed by atoms with Gasteiger partial charge in [0.25, 0.3) is 0 Å². The highest BCUT2D eigenvalue weighted by atomic mass is 16.4. The van der Waals surface area contributed by atoms with Crippen LogP contribution in [0.15, 0.2) is 30.5 Å². The molecule has 20 heavy (non-hydrogen) atoms. The third kappa shape index (κ3) is 2.38. The summed E-state index contributed by atoms with van der Waals surface area (Å²) in [5.74, 6) is -2.32. The molecule has 102 valence electrons. The van der Waals surface area contributed by atoms with Crippen LogP contribution in [0.3, 0.4) is 0 Å². The van der Waals surface area contributed by atoms with E-state index in [-0.39, 0.29) is 16.7 Å². The number of hydrogen-bond donors (Lipinski definition) is 2. The summed E-state index contributed by atoms with van der Waals surface area (Å²) in [7, 11) is 0. The second kappa shape index (κ2) is 5.13. The van der Waals surface area contributed by atoms with Crippen molar-refractivity contribution in [2.24, 2.45) is 0 Å². The Labute approximate surface area is 115 Å². The van der Waals surface area contributed by atoms with Crippen LogP contribution < -0.4 is 0 Å². The number of carboxylic acid groups (broad SMARTS) is 2. The molecular formula is C15H13NO4. The molecule has 0 amide bonds. The lowest BCUT2D eigenvalue weighted by molar-refractivity contribution is 0.0695. The number of aromatic carboxylic acids is 2. The smallest absolute Gasteiger partial charge is 0.336 e. The average Bonchev–Trinajstić information content (AvgIpc) is 2.38. The van der Waals surface area contributed by atoms with E-state index in [1.807, 2.05) is 0 Å². The molecular weight excluding hydrogens is 258 g/mol. The van der Waals surface area contributed by atoms with Gasteiger partial charge in [-0.2, -0.15) is 0 Å². The summed E-state index contributed by atoms with van der Waals surface area (Å²) in [6, 6.07) is 6.31. The zero-order chi connectivity index (χ0) is 14.9. The van der Waals surface area contributed by atoms with Crippen LogP contribution in [-0.4, -0.2) is 27.1 Å². The zero-order valence-corrected chi connectivity index (χ0v) is 11.0. The molecule has 2 aromatic rings. The Balaban J connectivity index is 2.83. The van der Waals surface area contributed by atoms with Crippen molar-refractivity contribution in [3.05, 3.63) is 52.8 Å². The van der Waals surface area contributed by atoms with Crippen LogP contribution in [0.4, 0.5) is 0 Å². The third-order valence-electron chi connectivity index (χ3n) is 3.06. The Kier molecular flexibility index (Phi) is 3.52. The molecule has 0 aliphatic carbocycles. The molecule has 1 heterocycles. The number of aryl methyl sites for hydroxylation is 2. The van der Waals surface area contributed by atoms with Gasteiger partial charge in [0.05, 0.1) is 11.1 Å². The fourth-order valence-corrected chi connectivity index (χ4v) is 2.08. The Morgan fingerprint density at radius 1 is 1.00 bits per heavy atom. The number of carbonyl (C=O) groups is 2. The van der Waals surface area contributed by atoms with Gasteiger partial charge >= 0.3 is 11.9 Å². The van der Waals surface area contributed by atoms with Crippen LogP contribution in [0.2, 0.25) is 0 Å². The largest absolute Gasteiger partial charge is 0.478 e. The number of aromatic nitrogens is 1. The van der Waals surface area contributed by atoms with Crippen molar-refractivity contribution in [3.8, 4) is 11.1 Å². The molecule has 0 radical (unpaired) electrons. The lowest BCUT2D eigenvalue weighted by Gasteiger charge is -2.12. The summed E-state index contributed by atoms with van der Waals surface area (Å²) < 4.78 is 0. The van der Waals surface area contributed by atoms with E-state index in [4.69, 9.17) is 0 Å². The van der Waals surface area contributed by atoms with Gasteiger partial charge in [0, 0.05) is 23.0 Å². The summed E-state index contributed by atoms with van der Waals surface area (Å²) in [6.07, 6.45) is 1.49. The topological polar surface area (TPSA) is 87.5 Å². The molecule has 2 N–H and O–H groups in total. The van der Waals surface area contributed by atoms with Crippen molar-refractivity contribution in [3.63, 3.8) is 0 Å². The molecule has 5 nitrogen and oxygen atoms in total. The molecule has 0 saturated heterocycles. The van der Waals surface area contributed by atoms with E-state index < -0.39 is 11.9 Å². The molecule has 0 unspecified atom stereocenters. The van der Waals surface area contributed by atoms with Crippen LogP contribution in [0.1, 0.15) is 32.0 Å². The second-order valence-corrected chi connectivity index (χ2v) is 4.48. The Bertz CT molecular complexity index is 690. The van der Waals surface area contributed by atoms with Crippen LogP contribution in [-0.2, 0) is 0 Å². The first-order valence-electron chi connectivity index (χ1n) is 5.95. The van der Waals surface area contributed by atoms with Crippen molar-refractivity contribution in [2.45, 2.75) is 13.8 Å². The number of hydrogen-bond acceptors (Lipinski definition) is 3. The second-order valence-electron chi connectivity index (χ2n) is 4.48. The number of carboxylic acids is 2. The van der Waals surface area contributed by atoms with E-state index in [1.54, 1.807) is 26.0 Å². The maximum Gasteiger partial charge on any atom is 0.336 e. The Morgan fingerprint density at radius 3 is 2.20 bits per heavy atom. The monoisotopic (exact) mass is 271 g/mol. The molecule has 0 bridgehead atoms. The summed E-state index contributed by atoms with van der Waals surface area (Å²) in [5.41, 5.74) is 1.91. The molecule has 0 atom stereocenters. The highest BCUT2D eigenvalue weighted by Gasteiger charge is 2.22. The van der Waals surface area contributed by atoms with Gasteiger partial charge in [-0.25, -0.2) is 9.59 Å². The molecule has 0 fully saturated rings. The van der Waals surface area contributed by atoms with Gasteiger partial charge in [0.15, 0.2) is 0 Å². The minimum atomic E-state index is -1.16. The van der Waals surface area contributed by atoms with Gasteiger partial charge in [-0.3, -0.25) is 4.98 Å². The van der Waals surface area contributed by atoms with Crippen LogP contribution in [0.25, 0.3) is 11.1 Å². The first-order chi connectivity index (χ1) is 9.41. The zero-order valence-electron chi connectivity index (χ0n) is 11.0. The van der Waals surface area contributed by atoms with Gasteiger partial charge in [-0.05, 0) is 31.5 Å². The van der Waals surface area contributed by atoms with E-state index in [0.717, 1.165) is 5.69 Å². The highest BCUT2D eigenvalue weighted by Crippen LogP contribution is 2.30. The fourth-order valence-electron chi connectivity index (χ4n) is 2.08. The predicted molar refractivity (Wildman–Crippen MR) is 73.1 cm³/mol. The van der Waals surface area contributed by atoms with E-state index >= 15 is 0 Å². The lowest BCUT2D eigenvalue weighted by Crippen LogP contribution is -2.09. The van der Waals surface area contributed by atoms with Crippen molar-refractivity contribution in [1.29, 1.82) is 0 Å². The van der Waals surface area contributed by atoms with Gasteiger partial charge < -0.3 is 10.2 Å². The first-order valence-corrected chi connectivity index (χ1v) is 5.95. The molecule has 0 aliphatic rings. The van der Waals surface area contributed by atoms with Gasteiger partial charge in [0.2, 0.25) is 0 Å². The number of pyridine rings is 1. The van der Waals surface area contributed by atoms with Gasteiger partial charge in [0.1, 0.15) is 0 Å². The van der Waals surface area contributed by atoms with Crippen molar-refractivity contribution < 1.29 is 19.8 Å². The average molecular weight is 271 g/mol. The summed E-state index contributed by atoms with van der Waals surface area (Å²) in [6.45, 7) is 3.44. The maximum absolute atomic E-state index is 11.4. The SMILES string of the molecule is Cc1ccc(-c2c(C(=O)O)ccc(C)c2C(=O)O)cn1. The molecule has 1 aromatic heterocycles. The first kappa shape index (κ1) is 13.7. The highest BCUT2D eigenvalue weighted by molar-refractivity contribution is 6.05. The Hall–Kier alpha value is -2.69. The maximum atomic E-state index is 11.4. The van der Waals surface area contributed by atoms with E-state index in [1.165, 1.54) is 18.3 Å². The summed E-state index contributed by atoms with van der Waals surface area (Å²) in [4.78, 5) is 26.9. The van der Waals surface area contributed by atoms with Crippen LogP contribution in [0.5, 0.6) is 0 Å². The van der Waals surface area contributed by atoms with E-state index in [2.05, 4.69) is 4.98 Å². The number of rotatable bonds is 3. The summed E-state index contributed by atoms with van der Waals surface area (Å²) in [5, 5.41) is 18.6. The normalized spacial score (nSPS) is 10.3. The Morgan fingerprint density at radius 2 is 1.70 bits per heavy atom. The lowest BCUT2D eigenvalue weighted by atomic mass is 9.92. The molecule has 0 aliphatic heterocycles. The van der Waals surface area contributed by atoms with Crippen molar-refractivity contribution in [2.75, 3.05) is 0 Å². The standard InChI is InChI=1S/C15H13NO4/c1-8-3-6-11(14(17)18)13(12(8)15(19)20)10-5-4-9(2)16-7-10/h3-7H,1-2H3,(H,17,18)(H,19,20).